The molecule has 1 aromatic carbocycles. The number of benzene rings is 1. The van der Waals surface area contributed by atoms with Crippen molar-refractivity contribution in [2.45, 2.75) is 6.92 Å². The highest BCUT2D eigenvalue weighted by Crippen LogP contribution is 2.18. The largest absolute Gasteiger partial charge is 0.497 e. The summed E-state index contributed by atoms with van der Waals surface area (Å²) in [5.74, 6) is 0.633. The van der Waals surface area contributed by atoms with Gasteiger partial charge in [0.25, 0.3) is 0 Å². The lowest BCUT2D eigenvalue weighted by atomic mass is 10.1. The summed E-state index contributed by atoms with van der Waals surface area (Å²) in [7, 11) is 1.61. The molecule has 16 heavy (non-hydrogen) atoms. The minimum Gasteiger partial charge on any atom is -0.497 e. The van der Waals surface area contributed by atoms with E-state index in [1.807, 2.05) is 24.3 Å². The molecule has 1 aromatic rings. The van der Waals surface area contributed by atoms with Gasteiger partial charge in [-0.2, -0.15) is 0 Å². The first-order chi connectivity index (χ1) is 7.67. The molecule has 3 nitrogen and oxygen atoms in total. The average Bonchev–Trinajstić information content (AvgIpc) is 2.28. The average molecular weight is 217 g/mol. The topological polar surface area (TPSA) is 38.3 Å². The van der Waals surface area contributed by atoms with Gasteiger partial charge < -0.3 is 10.1 Å². The number of carbonyl (C=O) groups is 1. The second kappa shape index (κ2) is 5.75. The Balaban J connectivity index is 3.05. The molecular weight excluding hydrogens is 202 g/mol. The van der Waals surface area contributed by atoms with E-state index in [2.05, 4.69) is 11.9 Å². The van der Waals surface area contributed by atoms with Crippen LogP contribution in [0.2, 0.25) is 0 Å². The van der Waals surface area contributed by atoms with E-state index < -0.39 is 0 Å². The molecule has 0 aliphatic rings. The molecule has 0 atom stereocenters. The first-order valence-corrected chi connectivity index (χ1v) is 4.92. The van der Waals surface area contributed by atoms with Gasteiger partial charge >= 0.3 is 0 Å². The third-order valence-electron chi connectivity index (χ3n) is 1.98. The van der Waals surface area contributed by atoms with Gasteiger partial charge in [0.1, 0.15) is 5.75 Å². The molecule has 0 unspecified atom stereocenters. The Morgan fingerprint density at radius 2 is 2.25 bits per heavy atom. The van der Waals surface area contributed by atoms with Crippen LogP contribution in [-0.4, -0.2) is 13.0 Å². The fourth-order valence-electron chi connectivity index (χ4n) is 1.31. The molecule has 84 valence electrons. The van der Waals surface area contributed by atoms with E-state index in [0.29, 0.717) is 5.70 Å². The summed E-state index contributed by atoms with van der Waals surface area (Å²) in [5.41, 5.74) is 1.59. The summed E-state index contributed by atoms with van der Waals surface area (Å²) < 4.78 is 5.12. The van der Waals surface area contributed by atoms with Crippen molar-refractivity contribution in [1.82, 2.24) is 5.32 Å². The monoisotopic (exact) mass is 217 g/mol. The van der Waals surface area contributed by atoms with Gasteiger partial charge in [0.15, 0.2) is 0 Å². The first-order valence-electron chi connectivity index (χ1n) is 4.92. The number of amides is 1. The van der Waals surface area contributed by atoms with Crippen LogP contribution in [0, 0.1) is 0 Å². The number of methoxy groups -OCH3 is 1. The molecule has 0 aliphatic carbocycles. The van der Waals surface area contributed by atoms with E-state index in [1.54, 1.807) is 19.3 Å². The molecule has 0 spiro atoms. The standard InChI is InChI=1S/C13H15NO2/c1-4-6-13(14-10(2)15)11-7-5-8-12(9-11)16-3/h4-9H,1H2,2-3H3,(H,14,15). The van der Waals surface area contributed by atoms with Crippen LogP contribution in [0.15, 0.2) is 43.0 Å². The number of carbonyl (C=O) groups excluding carboxylic acids is 1. The summed E-state index contributed by atoms with van der Waals surface area (Å²) in [6.07, 6.45) is 3.38. The molecule has 0 saturated heterocycles. The Labute approximate surface area is 95.4 Å². The van der Waals surface area contributed by atoms with Crippen LogP contribution in [0.3, 0.4) is 0 Å². The molecule has 0 heterocycles. The van der Waals surface area contributed by atoms with Crippen molar-refractivity contribution < 1.29 is 9.53 Å². The third kappa shape index (κ3) is 3.28. The molecule has 1 rings (SSSR count). The van der Waals surface area contributed by atoms with Crippen LogP contribution in [-0.2, 0) is 4.79 Å². The third-order valence-corrected chi connectivity index (χ3v) is 1.98. The molecule has 1 N–H and O–H groups in total. The highest BCUT2D eigenvalue weighted by Gasteiger charge is 2.03. The summed E-state index contributed by atoms with van der Waals surface area (Å²) in [4.78, 5) is 11.0. The number of hydrogen-bond acceptors (Lipinski definition) is 2. The van der Waals surface area contributed by atoms with E-state index in [1.165, 1.54) is 6.92 Å². The minimum absolute atomic E-state index is 0.115. The second-order valence-electron chi connectivity index (χ2n) is 3.23. The van der Waals surface area contributed by atoms with E-state index in [-0.39, 0.29) is 5.91 Å². The van der Waals surface area contributed by atoms with Crippen LogP contribution < -0.4 is 10.1 Å². The predicted molar refractivity (Wildman–Crippen MR) is 65.0 cm³/mol. The lowest BCUT2D eigenvalue weighted by Gasteiger charge is -2.09. The summed E-state index contributed by atoms with van der Waals surface area (Å²) in [6, 6.07) is 7.47. The van der Waals surface area contributed by atoms with E-state index in [0.717, 1.165) is 11.3 Å². The van der Waals surface area contributed by atoms with Gasteiger partial charge in [-0.1, -0.05) is 24.8 Å². The molecule has 1 amide bonds. The number of nitrogens with one attached hydrogen (secondary N) is 1. The maximum atomic E-state index is 11.0. The molecule has 0 radical (unpaired) electrons. The van der Waals surface area contributed by atoms with Gasteiger partial charge in [-0.15, -0.1) is 0 Å². The zero-order chi connectivity index (χ0) is 12.0. The van der Waals surface area contributed by atoms with Crippen LogP contribution in [0.25, 0.3) is 5.70 Å². The minimum atomic E-state index is -0.115. The molecular formula is C13H15NO2. The van der Waals surface area contributed by atoms with Gasteiger partial charge in [-0.05, 0) is 18.2 Å². The Hall–Kier alpha value is -2.03. The van der Waals surface area contributed by atoms with Crippen molar-refractivity contribution in [2.24, 2.45) is 0 Å². The fraction of sp³-hybridized carbons (Fsp3) is 0.154. The highest BCUT2D eigenvalue weighted by molar-refractivity contribution is 5.85. The van der Waals surface area contributed by atoms with Gasteiger partial charge in [-0.3, -0.25) is 4.79 Å². The van der Waals surface area contributed by atoms with Crippen LogP contribution in [0.1, 0.15) is 12.5 Å². The predicted octanol–water partition coefficient (Wildman–Crippen LogP) is 2.36. The molecule has 0 aliphatic heterocycles. The number of ether oxygens (including phenoxy) is 1. The smallest absolute Gasteiger partial charge is 0.221 e. The second-order valence-corrected chi connectivity index (χ2v) is 3.23. The first kappa shape index (κ1) is 12.0. The number of allylic oxidation sites excluding steroid dienone is 2. The van der Waals surface area contributed by atoms with Crippen LogP contribution in [0.4, 0.5) is 0 Å². The lowest BCUT2D eigenvalue weighted by Crippen LogP contribution is -2.17. The fourth-order valence-corrected chi connectivity index (χ4v) is 1.31. The highest BCUT2D eigenvalue weighted by atomic mass is 16.5. The van der Waals surface area contributed by atoms with E-state index >= 15 is 0 Å². The van der Waals surface area contributed by atoms with Crippen molar-refractivity contribution in [3.8, 4) is 5.75 Å². The van der Waals surface area contributed by atoms with Crippen molar-refractivity contribution in [3.63, 3.8) is 0 Å². The lowest BCUT2D eigenvalue weighted by molar-refractivity contribution is -0.117. The van der Waals surface area contributed by atoms with E-state index in [9.17, 15) is 4.79 Å². The summed E-state index contributed by atoms with van der Waals surface area (Å²) in [6.45, 7) is 5.09. The maximum Gasteiger partial charge on any atom is 0.221 e. The normalized spacial score (nSPS) is 10.8. The van der Waals surface area contributed by atoms with Crippen molar-refractivity contribution in [2.75, 3.05) is 7.11 Å². The Bertz CT molecular complexity index is 422. The summed E-state index contributed by atoms with van der Waals surface area (Å²) >= 11 is 0. The van der Waals surface area contributed by atoms with Crippen LogP contribution >= 0.6 is 0 Å². The Kier molecular flexibility index (Phi) is 4.33. The van der Waals surface area contributed by atoms with Gasteiger partial charge in [0.05, 0.1) is 7.11 Å². The number of rotatable bonds is 4. The Morgan fingerprint density at radius 3 is 2.81 bits per heavy atom. The van der Waals surface area contributed by atoms with Gasteiger partial charge in [-0.25, -0.2) is 0 Å². The van der Waals surface area contributed by atoms with Crippen LogP contribution in [0.5, 0.6) is 5.75 Å². The molecule has 0 aromatic heterocycles. The molecule has 0 fully saturated rings. The van der Waals surface area contributed by atoms with Crippen molar-refractivity contribution in [3.05, 3.63) is 48.6 Å². The Morgan fingerprint density at radius 1 is 1.50 bits per heavy atom. The quantitative estimate of drug-likeness (QED) is 0.786. The molecule has 0 bridgehead atoms. The molecule has 0 saturated carbocycles. The van der Waals surface area contributed by atoms with Gasteiger partial charge in [0, 0.05) is 18.2 Å². The zero-order valence-corrected chi connectivity index (χ0v) is 9.49. The van der Waals surface area contributed by atoms with Crippen molar-refractivity contribution in [1.29, 1.82) is 0 Å². The van der Waals surface area contributed by atoms with E-state index in [4.69, 9.17) is 4.74 Å². The van der Waals surface area contributed by atoms with Gasteiger partial charge in [0.2, 0.25) is 5.91 Å². The number of hydrogen-bond donors (Lipinski definition) is 1. The SMILES string of the molecule is C=CC=C(NC(C)=O)c1cccc(OC)c1. The zero-order valence-electron chi connectivity index (χ0n) is 9.49. The van der Waals surface area contributed by atoms with Crippen molar-refractivity contribution >= 4 is 11.6 Å². The summed E-state index contributed by atoms with van der Waals surface area (Å²) in [5, 5.41) is 2.74. The molecule has 3 heteroatoms. The maximum absolute atomic E-state index is 11.0.